The molecule has 172 valence electrons. The summed E-state index contributed by atoms with van der Waals surface area (Å²) in [4.78, 5) is 4.50. The molecule has 0 bridgehead atoms. The summed E-state index contributed by atoms with van der Waals surface area (Å²) in [6.45, 7) is 4.34. The van der Waals surface area contributed by atoms with Gasteiger partial charge in [0.15, 0.2) is 12.4 Å². The Hall–Kier alpha value is -2.69. The highest BCUT2D eigenvalue weighted by atomic mass is 127. The van der Waals surface area contributed by atoms with E-state index in [-0.39, 0.29) is 5.92 Å². The molecule has 36 heavy (non-hydrogen) atoms. The number of allylic oxidation sites excluding steroid dienone is 1. The van der Waals surface area contributed by atoms with Crippen LogP contribution in [-0.2, 0) is 0 Å². The molecule has 7 aromatic rings. The second-order valence-corrected chi connectivity index (χ2v) is 12.0. The summed E-state index contributed by atoms with van der Waals surface area (Å²) in [7, 11) is 0. The zero-order chi connectivity index (χ0) is 24.4. The fraction of sp³-hybridized carbons (Fsp3) is 0.0333. The summed E-state index contributed by atoms with van der Waals surface area (Å²) in [5.74, 6) is 0.00340. The van der Waals surface area contributed by atoms with Gasteiger partial charge in [0.1, 0.15) is 0 Å². The number of pyridine rings is 3. The topological polar surface area (TPSA) is 20.6 Å². The lowest BCUT2D eigenvalue weighted by Gasteiger charge is -2.19. The Labute approximate surface area is 240 Å². The first-order valence-electron chi connectivity index (χ1n) is 11.6. The molecule has 0 fully saturated rings. The van der Waals surface area contributed by atoms with E-state index in [9.17, 15) is 0 Å². The first kappa shape index (κ1) is 22.5. The summed E-state index contributed by atoms with van der Waals surface area (Å²) >= 11 is 6.64. The molecule has 0 N–H and O–H groups in total. The van der Waals surface area contributed by atoms with Gasteiger partial charge in [-0.05, 0) is 46.8 Å². The molecule has 0 aliphatic rings. The number of halogens is 2. The van der Waals surface area contributed by atoms with Crippen LogP contribution in [0, 0.1) is 0 Å². The molecule has 0 saturated carbocycles. The Bertz CT molecular complexity index is 1960. The van der Waals surface area contributed by atoms with E-state index >= 15 is 0 Å². The molecule has 0 saturated heterocycles. The van der Waals surface area contributed by atoms with Gasteiger partial charge in [0.25, 0.3) is 0 Å². The first-order valence-corrected chi connectivity index (χ1v) is 14.4. The quantitative estimate of drug-likeness (QED) is 0.103. The third-order valence-electron chi connectivity index (χ3n) is 7.02. The predicted molar refractivity (Wildman–Crippen MR) is 166 cm³/mol. The van der Waals surface area contributed by atoms with Crippen LogP contribution in [0.1, 0.15) is 17.0 Å². The number of aromatic nitrogens is 3. The molecule has 1 atom stereocenters. The van der Waals surface area contributed by atoms with E-state index in [1.807, 2.05) is 29.8 Å². The summed E-state index contributed by atoms with van der Waals surface area (Å²) in [6.07, 6.45) is 10.2. The van der Waals surface area contributed by atoms with Gasteiger partial charge in [-0.2, -0.15) is 0 Å². The molecule has 0 aliphatic carbocycles. The fourth-order valence-corrected chi connectivity index (χ4v) is 7.98. The first-order chi connectivity index (χ1) is 17.7. The normalized spacial score (nSPS) is 12.7. The van der Waals surface area contributed by atoms with Crippen LogP contribution in [0.4, 0.5) is 0 Å². The molecule has 6 heteroatoms. The van der Waals surface area contributed by atoms with Crippen LogP contribution >= 0.6 is 57.1 Å². The number of rotatable bonds is 4. The lowest BCUT2D eigenvalue weighted by Crippen LogP contribution is -2.22. The second kappa shape index (κ2) is 8.71. The van der Waals surface area contributed by atoms with Crippen LogP contribution in [0.15, 0.2) is 104 Å². The molecule has 4 heterocycles. The summed E-state index contributed by atoms with van der Waals surface area (Å²) in [6, 6.07) is 24.1. The van der Waals surface area contributed by atoms with Crippen LogP contribution < -0.4 is 5.56 Å². The van der Waals surface area contributed by atoms with Crippen molar-refractivity contribution in [1.82, 2.24) is 4.98 Å². The Morgan fingerprint density at radius 3 is 2.47 bits per heavy atom. The number of thiophene rings is 1. The van der Waals surface area contributed by atoms with Gasteiger partial charge in [-0.15, -0.1) is 23.5 Å². The molecule has 1 unspecified atom stereocenters. The van der Waals surface area contributed by atoms with E-state index in [1.54, 1.807) is 0 Å². The highest BCUT2D eigenvalue weighted by Crippen LogP contribution is 2.48. The molecule has 0 radical (unpaired) electrons. The van der Waals surface area contributed by atoms with Crippen molar-refractivity contribution in [3.05, 3.63) is 115 Å². The van der Waals surface area contributed by atoms with Crippen LogP contribution in [0.25, 0.3) is 53.1 Å². The van der Waals surface area contributed by atoms with Gasteiger partial charge >= 0.3 is 45.7 Å². The molecule has 3 aromatic carbocycles. The summed E-state index contributed by atoms with van der Waals surface area (Å²) < 4.78 is 7.03. The maximum atomic E-state index is 4.50. The van der Waals surface area contributed by atoms with E-state index in [0.717, 1.165) is 11.3 Å². The van der Waals surface area contributed by atoms with Crippen molar-refractivity contribution in [2.24, 2.45) is 0 Å². The number of nitrogens with zero attached hydrogens (tertiary/aromatic N) is 3. The minimum absolute atomic E-state index is 0.00340. The van der Waals surface area contributed by atoms with Crippen molar-refractivity contribution in [1.29, 1.82) is 0 Å². The third kappa shape index (κ3) is 3.23. The standard InChI is InChI=1S/C30H19I2N3S/c1-2-18(19-13-14-33-17-23(19)24-9-3-4-15-34(24)31)21-11-12-26-29-27-20(7-5-10-25(27)36-26)22-8-6-16-35(32)30(22)28(21)29/h2-18H,1H2/q+2. The molecule has 4 aromatic heterocycles. The number of hydrogen-bond donors (Lipinski definition) is 0. The third-order valence-corrected chi connectivity index (χ3v) is 9.79. The van der Waals surface area contributed by atoms with E-state index in [1.165, 1.54) is 53.0 Å². The maximum Gasteiger partial charge on any atom is 0.354 e. The predicted octanol–water partition coefficient (Wildman–Crippen LogP) is 8.15. The molecule has 0 amide bonds. The van der Waals surface area contributed by atoms with Crippen LogP contribution in [0.3, 0.4) is 0 Å². The Morgan fingerprint density at radius 1 is 0.778 bits per heavy atom. The average Bonchev–Trinajstić information content (AvgIpc) is 3.29. The van der Waals surface area contributed by atoms with E-state index < -0.39 is 0 Å². The average molecular weight is 707 g/mol. The number of benzene rings is 3. The molecular weight excluding hydrogens is 688 g/mol. The Morgan fingerprint density at radius 2 is 1.61 bits per heavy atom. The maximum absolute atomic E-state index is 4.50. The van der Waals surface area contributed by atoms with Crippen molar-refractivity contribution >= 4 is 98.9 Å². The molecule has 0 aliphatic heterocycles. The SMILES string of the molecule is C=CC(c1ccncc1-c1cccc[n+]1I)c1ccc2sc3cccc4c5ccc[n+](I)c5c1c2c34. The van der Waals surface area contributed by atoms with Crippen molar-refractivity contribution in [3.8, 4) is 11.3 Å². The zero-order valence-electron chi connectivity index (χ0n) is 19.0. The lowest BCUT2D eigenvalue weighted by atomic mass is 9.83. The van der Waals surface area contributed by atoms with Gasteiger partial charge in [-0.25, -0.2) is 0 Å². The van der Waals surface area contributed by atoms with Crippen molar-refractivity contribution in [2.75, 3.05) is 0 Å². The zero-order valence-corrected chi connectivity index (χ0v) is 24.2. The summed E-state index contributed by atoms with van der Waals surface area (Å²) in [5.41, 5.74) is 5.97. The minimum atomic E-state index is 0.00340. The van der Waals surface area contributed by atoms with Gasteiger partial charge in [0.2, 0.25) is 11.2 Å². The molecular formula is C30H19I2N3S+2. The molecule has 7 rings (SSSR count). The van der Waals surface area contributed by atoms with E-state index in [0.29, 0.717) is 0 Å². The second-order valence-electron chi connectivity index (χ2n) is 8.84. The lowest BCUT2D eigenvalue weighted by molar-refractivity contribution is -0.427. The van der Waals surface area contributed by atoms with Gasteiger partial charge in [0.05, 0.1) is 16.3 Å². The van der Waals surface area contributed by atoms with Crippen LogP contribution in [0.5, 0.6) is 0 Å². The van der Waals surface area contributed by atoms with E-state index in [4.69, 9.17) is 0 Å². The van der Waals surface area contributed by atoms with Gasteiger partial charge in [-0.1, -0.05) is 24.3 Å². The minimum Gasteiger partial charge on any atom is -0.264 e. The fourth-order valence-electron chi connectivity index (χ4n) is 5.55. The molecule has 0 spiro atoms. The monoisotopic (exact) mass is 707 g/mol. The van der Waals surface area contributed by atoms with Crippen LogP contribution in [0.2, 0.25) is 0 Å². The largest absolute Gasteiger partial charge is 0.354 e. The van der Waals surface area contributed by atoms with Gasteiger partial charge in [-0.3, -0.25) is 4.98 Å². The Kier molecular flexibility index (Phi) is 5.44. The highest BCUT2D eigenvalue weighted by molar-refractivity contribution is 14.1. The number of fused-ring (bicyclic) bond motifs is 3. The van der Waals surface area contributed by atoms with Gasteiger partial charge < -0.3 is 0 Å². The summed E-state index contributed by atoms with van der Waals surface area (Å²) in [5, 5.41) is 6.64. The van der Waals surface area contributed by atoms with Crippen molar-refractivity contribution < 1.29 is 5.56 Å². The number of hydrogen-bond acceptors (Lipinski definition) is 2. The smallest absolute Gasteiger partial charge is 0.264 e. The molecule has 3 nitrogen and oxygen atoms in total. The Balaban J connectivity index is 1.63. The van der Waals surface area contributed by atoms with E-state index in [2.05, 4.69) is 142 Å². The van der Waals surface area contributed by atoms with Crippen molar-refractivity contribution in [3.63, 3.8) is 0 Å². The van der Waals surface area contributed by atoms with Crippen LogP contribution in [-0.4, -0.2) is 4.98 Å². The highest BCUT2D eigenvalue weighted by Gasteiger charge is 2.28. The van der Waals surface area contributed by atoms with Gasteiger partial charge in [0, 0.05) is 56.7 Å². The van der Waals surface area contributed by atoms with Crippen molar-refractivity contribution in [2.45, 2.75) is 5.92 Å².